The maximum absolute atomic E-state index is 10.5. The van der Waals surface area contributed by atoms with Gasteiger partial charge in [-0.05, 0) is 31.0 Å². The van der Waals surface area contributed by atoms with Crippen LogP contribution in [-0.4, -0.2) is 41.8 Å². The van der Waals surface area contributed by atoms with E-state index in [4.69, 9.17) is 4.55 Å². The molecule has 0 aliphatic heterocycles. The Balaban J connectivity index is 0.000000527. The van der Waals surface area contributed by atoms with E-state index < -0.39 is 21.1 Å². The Morgan fingerprint density at radius 3 is 2.15 bits per heavy atom. The molecule has 8 nitrogen and oxygen atoms in total. The molecule has 0 aliphatic rings. The van der Waals surface area contributed by atoms with Gasteiger partial charge in [0.15, 0.2) is 0 Å². The van der Waals surface area contributed by atoms with Crippen molar-refractivity contribution in [3.05, 3.63) is 75.8 Å². The van der Waals surface area contributed by atoms with Gasteiger partial charge in [0.05, 0.1) is 16.8 Å². The Kier molecular flexibility index (Phi) is 9.59. The zero-order chi connectivity index (χ0) is 20.3. The largest absolute Gasteiger partial charge is 0.387 e. The summed E-state index contributed by atoms with van der Waals surface area (Å²) in [6.07, 6.45) is 0.238. The average Bonchev–Trinajstić information content (AvgIpc) is 2.66. The molecular weight excluding hydrogens is 372 g/mol. The second-order valence-corrected chi connectivity index (χ2v) is 7.42. The van der Waals surface area contributed by atoms with Crippen molar-refractivity contribution < 1.29 is 23.0 Å². The fourth-order valence-electron chi connectivity index (χ4n) is 2.05. The van der Waals surface area contributed by atoms with Gasteiger partial charge in [-0.15, -0.1) is 0 Å². The highest BCUT2D eigenvalue weighted by atomic mass is 32.2. The normalized spacial score (nSPS) is 12.0. The maximum atomic E-state index is 10.5. The molecule has 0 aromatic heterocycles. The van der Waals surface area contributed by atoms with Gasteiger partial charge in [-0.1, -0.05) is 42.5 Å². The van der Waals surface area contributed by atoms with Crippen LogP contribution in [0.4, 0.5) is 5.69 Å². The minimum atomic E-state index is -3.66. The van der Waals surface area contributed by atoms with Gasteiger partial charge in [0.1, 0.15) is 0 Å². The predicted molar refractivity (Wildman–Crippen MR) is 103 cm³/mol. The van der Waals surface area contributed by atoms with Gasteiger partial charge in [0.25, 0.3) is 15.8 Å². The lowest BCUT2D eigenvalue weighted by atomic mass is 10.1. The van der Waals surface area contributed by atoms with E-state index in [-0.39, 0.29) is 11.4 Å². The molecule has 0 heterocycles. The highest BCUT2D eigenvalue weighted by Crippen LogP contribution is 2.12. The highest BCUT2D eigenvalue weighted by Gasteiger charge is 2.06. The standard InChI is InChI=1S/C16H18N2O3.C2H6O3S/c19-16(14-4-2-1-3-5-14)12-17-11-10-13-6-8-15(9-7-13)18(20)21;1-2-6(3,4)5/h1-9,16-17,19H,10-12H2;2H2,1H3,(H,3,4,5)/t16-;/m0./s1. The number of hydrogen-bond donors (Lipinski definition) is 3. The molecule has 1 atom stereocenters. The van der Waals surface area contributed by atoms with Crippen molar-refractivity contribution >= 4 is 15.8 Å². The zero-order valence-electron chi connectivity index (χ0n) is 15.0. The molecule has 0 amide bonds. The minimum Gasteiger partial charge on any atom is -0.387 e. The molecule has 2 rings (SSSR count). The SMILES string of the molecule is CCS(=O)(=O)O.O=[N+]([O-])c1ccc(CCNC[C@H](O)c2ccccc2)cc1. The summed E-state index contributed by atoms with van der Waals surface area (Å²) in [6.45, 7) is 2.56. The number of nitro benzene ring substituents is 1. The number of hydrogen-bond acceptors (Lipinski definition) is 6. The summed E-state index contributed by atoms with van der Waals surface area (Å²) in [7, 11) is -3.66. The number of aliphatic hydroxyl groups excluding tert-OH is 1. The molecular formula is C18H24N2O6S. The first-order valence-electron chi connectivity index (χ1n) is 8.35. The van der Waals surface area contributed by atoms with E-state index in [1.54, 1.807) is 12.1 Å². The Morgan fingerprint density at radius 2 is 1.67 bits per heavy atom. The van der Waals surface area contributed by atoms with Crippen LogP contribution in [0.3, 0.4) is 0 Å². The van der Waals surface area contributed by atoms with Crippen LogP contribution in [0.15, 0.2) is 54.6 Å². The zero-order valence-corrected chi connectivity index (χ0v) is 15.8. The number of non-ortho nitro benzene ring substituents is 1. The first kappa shape index (κ1) is 22.7. The van der Waals surface area contributed by atoms with Gasteiger partial charge < -0.3 is 10.4 Å². The van der Waals surface area contributed by atoms with Gasteiger partial charge >= 0.3 is 0 Å². The summed E-state index contributed by atoms with van der Waals surface area (Å²) in [5.74, 6) is -0.201. The van der Waals surface area contributed by atoms with E-state index in [1.807, 2.05) is 30.3 Å². The number of nitro groups is 1. The van der Waals surface area contributed by atoms with E-state index >= 15 is 0 Å². The topological polar surface area (TPSA) is 130 Å². The molecule has 0 saturated heterocycles. The molecule has 0 saturated carbocycles. The summed E-state index contributed by atoms with van der Waals surface area (Å²) in [5.41, 5.74) is 2.02. The van der Waals surface area contributed by atoms with E-state index in [1.165, 1.54) is 19.1 Å². The molecule has 2 aromatic carbocycles. The number of aliphatic hydroxyl groups is 1. The smallest absolute Gasteiger partial charge is 0.269 e. The lowest BCUT2D eigenvalue weighted by Crippen LogP contribution is -2.23. The summed E-state index contributed by atoms with van der Waals surface area (Å²) >= 11 is 0. The summed E-state index contributed by atoms with van der Waals surface area (Å²) < 4.78 is 26.9. The van der Waals surface area contributed by atoms with Gasteiger partial charge in [-0.2, -0.15) is 8.42 Å². The average molecular weight is 396 g/mol. The number of nitrogens with one attached hydrogen (secondary N) is 1. The van der Waals surface area contributed by atoms with Gasteiger partial charge in [0, 0.05) is 18.7 Å². The number of rotatable bonds is 8. The van der Waals surface area contributed by atoms with Crippen molar-refractivity contribution in [3.8, 4) is 0 Å². The molecule has 0 radical (unpaired) electrons. The van der Waals surface area contributed by atoms with E-state index in [9.17, 15) is 23.6 Å². The van der Waals surface area contributed by atoms with Crippen LogP contribution < -0.4 is 5.32 Å². The van der Waals surface area contributed by atoms with Crippen molar-refractivity contribution in [1.29, 1.82) is 0 Å². The maximum Gasteiger partial charge on any atom is 0.269 e. The van der Waals surface area contributed by atoms with E-state index in [2.05, 4.69) is 5.32 Å². The monoisotopic (exact) mass is 396 g/mol. The molecule has 0 unspecified atom stereocenters. The third-order valence-electron chi connectivity index (χ3n) is 3.62. The molecule has 0 bridgehead atoms. The molecule has 148 valence electrons. The van der Waals surface area contributed by atoms with Crippen molar-refractivity contribution in [2.45, 2.75) is 19.4 Å². The molecule has 2 aromatic rings. The second kappa shape index (κ2) is 11.4. The Morgan fingerprint density at radius 1 is 1.11 bits per heavy atom. The third-order valence-corrected chi connectivity index (χ3v) is 4.35. The Labute approximate surface area is 158 Å². The number of nitrogens with zero attached hydrogens (tertiary/aromatic N) is 1. The molecule has 3 N–H and O–H groups in total. The molecule has 9 heteroatoms. The fraction of sp³-hybridized carbons (Fsp3) is 0.333. The van der Waals surface area contributed by atoms with Gasteiger partial charge in [-0.3, -0.25) is 14.7 Å². The van der Waals surface area contributed by atoms with Crippen molar-refractivity contribution in [2.24, 2.45) is 0 Å². The van der Waals surface area contributed by atoms with Crippen LogP contribution in [0, 0.1) is 10.1 Å². The lowest BCUT2D eigenvalue weighted by Gasteiger charge is -2.12. The summed E-state index contributed by atoms with van der Waals surface area (Å²) in [5, 5.41) is 23.7. The Hall–Kier alpha value is -2.33. The van der Waals surface area contributed by atoms with Crippen molar-refractivity contribution in [3.63, 3.8) is 0 Å². The van der Waals surface area contributed by atoms with Gasteiger partial charge in [-0.25, -0.2) is 0 Å². The van der Waals surface area contributed by atoms with Crippen LogP contribution in [0.25, 0.3) is 0 Å². The summed E-state index contributed by atoms with van der Waals surface area (Å²) in [6, 6.07) is 16.0. The quantitative estimate of drug-likeness (QED) is 0.270. The minimum absolute atomic E-state index is 0.103. The summed E-state index contributed by atoms with van der Waals surface area (Å²) in [4.78, 5) is 10.1. The Bertz CT molecular complexity index is 794. The third kappa shape index (κ3) is 9.80. The second-order valence-electron chi connectivity index (χ2n) is 5.67. The van der Waals surface area contributed by atoms with Crippen LogP contribution in [0.5, 0.6) is 0 Å². The first-order chi connectivity index (χ1) is 12.7. The molecule has 0 fully saturated rings. The fourth-order valence-corrected chi connectivity index (χ4v) is 2.05. The molecule has 0 spiro atoms. The van der Waals surface area contributed by atoms with Crippen LogP contribution >= 0.6 is 0 Å². The van der Waals surface area contributed by atoms with Crippen LogP contribution in [-0.2, 0) is 16.5 Å². The lowest BCUT2D eigenvalue weighted by molar-refractivity contribution is -0.384. The predicted octanol–water partition coefficient (Wildman–Crippen LogP) is 2.35. The van der Waals surface area contributed by atoms with Crippen LogP contribution in [0.2, 0.25) is 0 Å². The van der Waals surface area contributed by atoms with E-state index in [0.29, 0.717) is 13.1 Å². The van der Waals surface area contributed by atoms with Crippen molar-refractivity contribution in [2.75, 3.05) is 18.8 Å². The highest BCUT2D eigenvalue weighted by molar-refractivity contribution is 7.85. The molecule has 0 aliphatic carbocycles. The van der Waals surface area contributed by atoms with Gasteiger partial charge in [0.2, 0.25) is 0 Å². The van der Waals surface area contributed by atoms with Crippen molar-refractivity contribution in [1.82, 2.24) is 5.32 Å². The number of benzene rings is 2. The van der Waals surface area contributed by atoms with E-state index in [0.717, 1.165) is 17.5 Å². The van der Waals surface area contributed by atoms with Crippen LogP contribution in [0.1, 0.15) is 24.2 Å². The molecule has 27 heavy (non-hydrogen) atoms. The first-order valence-corrected chi connectivity index (χ1v) is 9.96.